The fourth-order valence-corrected chi connectivity index (χ4v) is 3.92. The van der Waals surface area contributed by atoms with Crippen LogP contribution < -0.4 is 5.32 Å². The lowest BCUT2D eigenvalue weighted by Gasteiger charge is -2.12. The number of rotatable bonds is 3. The van der Waals surface area contributed by atoms with Crippen molar-refractivity contribution in [2.75, 3.05) is 0 Å². The second-order valence-electron chi connectivity index (χ2n) is 5.70. The Labute approximate surface area is 137 Å². The van der Waals surface area contributed by atoms with Gasteiger partial charge in [-0.2, -0.15) is 0 Å². The summed E-state index contributed by atoms with van der Waals surface area (Å²) in [5, 5.41) is 3.81. The summed E-state index contributed by atoms with van der Waals surface area (Å²) >= 11 is 1.53. The fraction of sp³-hybridized carbons (Fsp3) is 0.294. The molecule has 1 fully saturated rings. The van der Waals surface area contributed by atoms with Crippen LogP contribution in [0.4, 0.5) is 0 Å². The zero-order chi connectivity index (χ0) is 15.6. The third kappa shape index (κ3) is 2.82. The number of hydrogen-bond donors (Lipinski definition) is 1. The molecule has 3 aromatic rings. The smallest absolute Gasteiger partial charge is 0.272 e. The van der Waals surface area contributed by atoms with Crippen LogP contribution in [0.5, 0.6) is 0 Å². The number of nitrogens with zero attached hydrogens (tertiary/aromatic N) is 3. The maximum atomic E-state index is 12.6. The van der Waals surface area contributed by atoms with Gasteiger partial charge in [0.2, 0.25) is 0 Å². The lowest BCUT2D eigenvalue weighted by molar-refractivity contribution is 0.0933. The van der Waals surface area contributed by atoms with Crippen molar-refractivity contribution in [3.8, 4) is 10.7 Å². The summed E-state index contributed by atoms with van der Waals surface area (Å²) in [7, 11) is 0. The lowest BCUT2D eigenvalue weighted by atomic mass is 10.2. The third-order valence-electron chi connectivity index (χ3n) is 4.10. The average molecular weight is 324 g/mol. The van der Waals surface area contributed by atoms with Crippen LogP contribution in [-0.4, -0.2) is 26.9 Å². The molecule has 1 N–H and O–H groups in total. The van der Waals surface area contributed by atoms with Gasteiger partial charge in [0, 0.05) is 18.4 Å². The van der Waals surface area contributed by atoms with Gasteiger partial charge in [-0.15, -0.1) is 11.3 Å². The van der Waals surface area contributed by atoms with E-state index in [-0.39, 0.29) is 11.9 Å². The molecule has 4 rings (SSSR count). The van der Waals surface area contributed by atoms with E-state index in [1.54, 1.807) is 12.4 Å². The second-order valence-corrected chi connectivity index (χ2v) is 6.73. The van der Waals surface area contributed by atoms with Crippen LogP contribution in [0.1, 0.15) is 36.2 Å². The highest BCUT2D eigenvalue weighted by Gasteiger charge is 2.22. The molecule has 0 aliphatic heterocycles. The van der Waals surface area contributed by atoms with Gasteiger partial charge in [-0.1, -0.05) is 25.0 Å². The van der Waals surface area contributed by atoms with Crippen molar-refractivity contribution in [3.63, 3.8) is 0 Å². The first-order chi connectivity index (χ1) is 11.3. The summed E-state index contributed by atoms with van der Waals surface area (Å²) in [6.07, 6.45) is 7.60. The van der Waals surface area contributed by atoms with E-state index in [2.05, 4.69) is 20.3 Å². The Morgan fingerprint density at radius 1 is 1.13 bits per heavy atom. The molecule has 1 aromatic carbocycles. The van der Waals surface area contributed by atoms with E-state index in [4.69, 9.17) is 0 Å². The molecule has 1 saturated carbocycles. The number of amides is 1. The minimum absolute atomic E-state index is 0.153. The predicted octanol–water partition coefficient (Wildman–Crippen LogP) is 3.43. The van der Waals surface area contributed by atoms with Crippen molar-refractivity contribution in [1.29, 1.82) is 0 Å². The van der Waals surface area contributed by atoms with Gasteiger partial charge in [0.25, 0.3) is 5.91 Å². The number of carbonyl (C=O) groups is 1. The van der Waals surface area contributed by atoms with Crippen LogP contribution in [0.3, 0.4) is 0 Å². The van der Waals surface area contributed by atoms with Crippen LogP contribution in [-0.2, 0) is 0 Å². The molecular weight excluding hydrogens is 308 g/mol. The zero-order valence-electron chi connectivity index (χ0n) is 12.5. The largest absolute Gasteiger partial charge is 0.348 e. The number of aromatic nitrogens is 3. The quantitative estimate of drug-likeness (QED) is 0.801. The number of hydrogen-bond acceptors (Lipinski definition) is 5. The number of thiazole rings is 1. The van der Waals surface area contributed by atoms with Crippen molar-refractivity contribution in [2.45, 2.75) is 31.7 Å². The van der Waals surface area contributed by atoms with Gasteiger partial charge in [0.1, 0.15) is 10.7 Å². The first-order valence-corrected chi connectivity index (χ1v) is 8.61. The average Bonchev–Trinajstić information content (AvgIpc) is 3.23. The predicted molar refractivity (Wildman–Crippen MR) is 90.4 cm³/mol. The van der Waals surface area contributed by atoms with Crippen molar-refractivity contribution in [3.05, 3.63) is 42.4 Å². The lowest BCUT2D eigenvalue weighted by Crippen LogP contribution is -2.33. The molecule has 2 aromatic heterocycles. The standard InChI is InChI=1S/C17H16N4OS/c22-16(20-11-5-1-2-6-11)14-15(19-10-9-18-14)17-21-12-7-3-4-8-13(12)23-17/h3-4,7-11H,1-2,5-6H2,(H,20,22). The van der Waals surface area contributed by atoms with Crippen LogP contribution in [0.2, 0.25) is 0 Å². The van der Waals surface area contributed by atoms with Crippen molar-refractivity contribution < 1.29 is 4.79 Å². The number of fused-ring (bicyclic) bond motifs is 1. The van der Waals surface area contributed by atoms with Crippen LogP contribution >= 0.6 is 11.3 Å². The Bertz CT molecular complexity index is 821. The SMILES string of the molecule is O=C(NC1CCCC1)c1nccnc1-c1nc2ccccc2s1. The van der Waals surface area contributed by atoms with Gasteiger partial charge in [-0.25, -0.2) is 15.0 Å². The van der Waals surface area contributed by atoms with Crippen molar-refractivity contribution in [1.82, 2.24) is 20.3 Å². The number of benzene rings is 1. The molecule has 0 atom stereocenters. The molecule has 0 spiro atoms. The summed E-state index contributed by atoms with van der Waals surface area (Å²) in [5.74, 6) is -0.153. The molecule has 1 aliphatic rings. The van der Waals surface area contributed by atoms with Crippen LogP contribution in [0.25, 0.3) is 20.9 Å². The summed E-state index contributed by atoms with van der Waals surface area (Å²) in [5.41, 5.74) is 1.84. The third-order valence-corrected chi connectivity index (χ3v) is 5.14. The summed E-state index contributed by atoms with van der Waals surface area (Å²) in [4.78, 5) is 25.8. The minimum atomic E-state index is -0.153. The van der Waals surface area contributed by atoms with Gasteiger partial charge in [0.05, 0.1) is 10.2 Å². The fourth-order valence-electron chi connectivity index (χ4n) is 2.96. The van der Waals surface area contributed by atoms with Gasteiger partial charge in [-0.05, 0) is 25.0 Å². The Hall–Kier alpha value is -2.34. The van der Waals surface area contributed by atoms with E-state index in [9.17, 15) is 4.79 Å². The monoisotopic (exact) mass is 324 g/mol. The van der Waals surface area contributed by atoms with E-state index in [1.807, 2.05) is 24.3 Å². The van der Waals surface area contributed by atoms with Gasteiger partial charge in [0.15, 0.2) is 5.69 Å². The second kappa shape index (κ2) is 6.04. The van der Waals surface area contributed by atoms with Crippen molar-refractivity contribution >= 4 is 27.5 Å². The Kier molecular flexibility index (Phi) is 3.75. The Morgan fingerprint density at radius 3 is 2.74 bits per heavy atom. The molecule has 1 aliphatic carbocycles. The molecule has 1 amide bonds. The topological polar surface area (TPSA) is 67.8 Å². The maximum Gasteiger partial charge on any atom is 0.272 e. The van der Waals surface area contributed by atoms with Crippen molar-refractivity contribution in [2.24, 2.45) is 0 Å². The molecule has 6 heteroatoms. The van der Waals surface area contributed by atoms with E-state index in [1.165, 1.54) is 24.2 Å². The summed E-state index contributed by atoms with van der Waals surface area (Å²) in [6, 6.07) is 8.17. The van der Waals surface area contributed by atoms with E-state index in [0.29, 0.717) is 11.4 Å². The molecule has 0 saturated heterocycles. The highest BCUT2D eigenvalue weighted by molar-refractivity contribution is 7.21. The molecule has 23 heavy (non-hydrogen) atoms. The first-order valence-electron chi connectivity index (χ1n) is 7.79. The number of carbonyl (C=O) groups excluding carboxylic acids is 1. The zero-order valence-corrected chi connectivity index (χ0v) is 13.3. The van der Waals surface area contributed by atoms with E-state index >= 15 is 0 Å². The molecular formula is C17H16N4OS. The highest BCUT2D eigenvalue weighted by atomic mass is 32.1. The molecule has 116 valence electrons. The van der Waals surface area contributed by atoms with E-state index < -0.39 is 0 Å². The summed E-state index contributed by atoms with van der Waals surface area (Å²) in [6.45, 7) is 0. The highest BCUT2D eigenvalue weighted by Crippen LogP contribution is 2.30. The van der Waals surface area contributed by atoms with Gasteiger partial charge >= 0.3 is 0 Å². The minimum Gasteiger partial charge on any atom is -0.348 e. The Balaban J connectivity index is 1.69. The molecule has 2 heterocycles. The number of para-hydroxylation sites is 1. The molecule has 0 unspecified atom stereocenters. The maximum absolute atomic E-state index is 12.6. The molecule has 0 radical (unpaired) electrons. The van der Waals surface area contributed by atoms with E-state index in [0.717, 1.165) is 28.1 Å². The Morgan fingerprint density at radius 2 is 1.91 bits per heavy atom. The normalized spacial score (nSPS) is 15.1. The molecule has 0 bridgehead atoms. The molecule has 5 nitrogen and oxygen atoms in total. The van der Waals surface area contributed by atoms with Crippen LogP contribution in [0.15, 0.2) is 36.7 Å². The first kappa shape index (κ1) is 14.3. The number of nitrogens with one attached hydrogen (secondary N) is 1. The van der Waals surface area contributed by atoms with Gasteiger partial charge in [-0.3, -0.25) is 4.79 Å². The van der Waals surface area contributed by atoms with Gasteiger partial charge < -0.3 is 5.32 Å². The summed E-state index contributed by atoms with van der Waals surface area (Å²) < 4.78 is 1.08. The van der Waals surface area contributed by atoms with Crippen LogP contribution in [0, 0.1) is 0 Å².